The van der Waals surface area contributed by atoms with Gasteiger partial charge >= 0.3 is 0 Å². The minimum absolute atomic E-state index is 0.00485. The van der Waals surface area contributed by atoms with E-state index < -0.39 is 4.92 Å². The van der Waals surface area contributed by atoms with Crippen LogP contribution in [0.3, 0.4) is 0 Å². The number of aryl methyl sites for hydroxylation is 1. The van der Waals surface area contributed by atoms with E-state index in [0.29, 0.717) is 16.7 Å². The van der Waals surface area contributed by atoms with Crippen LogP contribution in [0.1, 0.15) is 5.56 Å². The minimum atomic E-state index is -0.456. The molecule has 0 unspecified atom stereocenters. The summed E-state index contributed by atoms with van der Waals surface area (Å²) in [6.45, 7) is 1.62. The summed E-state index contributed by atoms with van der Waals surface area (Å²) >= 11 is 0. The van der Waals surface area contributed by atoms with Crippen molar-refractivity contribution in [1.29, 1.82) is 0 Å². The molecule has 0 aliphatic rings. The van der Waals surface area contributed by atoms with Crippen molar-refractivity contribution >= 4 is 5.69 Å². The molecular formula is C13H9FNO2. The fourth-order valence-electron chi connectivity index (χ4n) is 1.62. The molecule has 85 valence electrons. The van der Waals surface area contributed by atoms with Crippen LogP contribution in [0.4, 0.5) is 10.1 Å². The molecule has 2 aromatic rings. The molecule has 0 N–H and O–H groups in total. The number of hydrogen-bond acceptors (Lipinski definition) is 2. The first-order valence-electron chi connectivity index (χ1n) is 5.00. The SMILES string of the molecule is Cc1cc(-c2c[c]ccc2[N+](=O)[O-])ccc1F. The van der Waals surface area contributed by atoms with E-state index in [9.17, 15) is 14.5 Å². The standard InChI is InChI=1S/C13H9FNO2/c1-9-8-10(6-7-12(9)14)11-4-2-3-5-13(11)15(16)17/h3-8H,1H3. The monoisotopic (exact) mass is 230 g/mol. The minimum Gasteiger partial charge on any atom is -0.258 e. The average Bonchev–Trinajstić information content (AvgIpc) is 2.32. The maximum Gasteiger partial charge on any atom is 0.277 e. The van der Waals surface area contributed by atoms with E-state index in [1.165, 1.54) is 30.3 Å². The molecule has 0 aliphatic carbocycles. The summed E-state index contributed by atoms with van der Waals surface area (Å²) in [6, 6.07) is 11.6. The summed E-state index contributed by atoms with van der Waals surface area (Å²) in [5.41, 5.74) is 1.52. The molecule has 0 aliphatic heterocycles. The number of halogens is 1. The number of hydrogen-bond donors (Lipinski definition) is 0. The van der Waals surface area contributed by atoms with Gasteiger partial charge in [0.05, 0.1) is 10.5 Å². The molecular weight excluding hydrogens is 221 g/mol. The molecule has 17 heavy (non-hydrogen) atoms. The van der Waals surface area contributed by atoms with Gasteiger partial charge in [-0.2, -0.15) is 0 Å². The van der Waals surface area contributed by atoms with E-state index in [-0.39, 0.29) is 11.5 Å². The Morgan fingerprint density at radius 1 is 1.35 bits per heavy atom. The molecule has 1 radical (unpaired) electrons. The quantitative estimate of drug-likeness (QED) is 0.585. The van der Waals surface area contributed by atoms with Crippen LogP contribution in [-0.2, 0) is 0 Å². The lowest BCUT2D eigenvalue weighted by Crippen LogP contribution is -1.92. The molecule has 3 nitrogen and oxygen atoms in total. The summed E-state index contributed by atoms with van der Waals surface area (Å²) in [4.78, 5) is 10.4. The summed E-state index contributed by atoms with van der Waals surface area (Å²) < 4.78 is 13.1. The third-order valence-corrected chi connectivity index (χ3v) is 2.51. The van der Waals surface area contributed by atoms with Crippen molar-refractivity contribution in [2.45, 2.75) is 6.92 Å². The van der Waals surface area contributed by atoms with Crippen molar-refractivity contribution in [2.24, 2.45) is 0 Å². The summed E-state index contributed by atoms with van der Waals surface area (Å²) in [5.74, 6) is -0.323. The van der Waals surface area contributed by atoms with Gasteiger partial charge in [-0.1, -0.05) is 6.07 Å². The molecule has 0 aromatic heterocycles. The van der Waals surface area contributed by atoms with Crippen LogP contribution in [-0.4, -0.2) is 4.92 Å². The van der Waals surface area contributed by atoms with Gasteiger partial charge in [-0.15, -0.1) is 0 Å². The maximum atomic E-state index is 13.1. The highest BCUT2D eigenvalue weighted by Gasteiger charge is 2.14. The molecule has 0 fully saturated rings. The van der Waals surface area contributed by atoms with E-state index in [4.69, 9.17) is 0 Å². The maximum absolute atomic E-state index is 13.1. The average molecular weight is 230 g/mol. The molecule has 0 heterocycles. The Hall–Kier alpha value is -2.23. The van der Waals surface area contributed by atoms with E-state index in [1.807, 2.05) is 0 Å². The van der Waals surface area contributed by atoms with Gasteiger partial charge in [0.2, 0.25) is 0 Å². The first-order valence-corrected chi connectivity index (χ1v) is 5.00. The van der Waals surface area contributed by atoms with Crippen molar-refractivity contribution in [3.05, 3.63) is 64.0 Å². The lowest BCUT2D eigenvalue weighted by atomic mass is 10.0. The highest BCUT2D eigenvalue weighted by atomic mass is 19.1. The summed E-state index contributed by atoms with van der Waals surface area (Å²) in [6.07, 6.45) is 0. The molecule has 0 spiro atoms. The molecule has 0 saturated heterocycles. The number of rotatable bonds is 2. The van der Waals surface area contributed by atoms with Gasteiger partial charge in [0.25, 0.3) is 5.69 Å². The molecule has 4 heteroatoms. The molecule has 0 atom stereocenters. The smallest absolute Gasteiger partial charge is 0.258 e. The number of nitrogens with zero attached hydrogens (tertiary/aromatic N) is 1. The van der Waals surface area contributed by atoms with Crippen molar-refractivity contribution in [3.8, 4) is 11.1 Å². The fraction of sp³-hybridized carbons (Fsp3) is 0.0769. The molecule has 2 rings (SSSR count). The lowest BCUT2D eigenvalue weighted by Gasteiger charge is -2.04. The van der Waals surface area contributed by atoms with Crippen molar-refractivity contribution < 1.29 is 9.31 Å². The first-order chi connectivity index (χ1) is 8.09. The topological polar surface area (TPSA) is 43.1 Å². The van der Waals surface area contributed by atoms with Crippen LogP contribution in [0.15, 0.2) is 36.4 Å². The first kappa shape index (κ1) is 11.3. The van der Waals surface area contributed by atoms with Crippen LogP contribution < -0.4 is 0 Å². The third-order valence-electron chi connectivity index (χ3n) is 2.51. The molecule has 2 aromatic carbocycles. The second-order valence-electron chi connectivity index (χ2n) is 3.66. The lowest BCUT2D eigenvalue weighted by molar-refractivity contribution is -0.384. The van der Waals surface area contributed by atoms with Crippen molar-refractivity contribution in [1.82, 2.24) is 0 Å². The van der Waals surface area contributed by atoms with Gasteiger partial charge in [0.1, 0.15) is 5.82 Å². The largest absolute Gasteiger partial charge is 0.277 e. The zero-order chi connectivity index (χ0) is 12.4. The molecule has 0 amide bonds. The number of nitro benzene ring substituents is 1. The Bertz CT molecular complexity index is 581. The Morgan fingerprint density at radius 3 is 2.76 bits per heavy atom. The van der Waals surface area contributed by atoms with Crippen LogP contribution in [0.2, 0.25) is 0 Å². The molecule has 0 saturated carbocycles. The van der Waals surface area contributed by atoms with Gasteiger partial charge in [0, 0.05) is 6.07 Å². The Labute approximate surface area is 97.7 Å². The Morgan fingerprint density at radius 2 is 2.12 bits per heavy atom. The predicted molar refractivity (Wildman–Crippen MR) is 62.1 cm³/mol. The second kappa shape index (κ2) is 4.33. The van der Waals surface area contributed by atoms with Crippen LogP contribution in [0, 0.1) is 28.9 Å². The van der Waals surface area contributed by atoms with Gasteiger partial charge in [-0.3, -0.25) is 10.1 Å². The van der Waals surface area contributed by atoms with Crippen LogP contribution >= 0.6 is 0 Å². The summed E-state index contributed by atoms with van der Waals surface area (Å²) in [5, 5.41) is 10.9. The van der Waals surface area contributed by atoms with E-state index in [2.05, 4.69) is 6.07 Å². The van der Waals surface area contributed by atoms with Crippen molar-refractivity contribution in [3.63, 3.8) is 0 Å². The molecule has 0 bridgehead atoms. The van der Waals surface area contributed by atoms with Crippen LogP contribution in [0.5, 0.6) is 0 Å². The second-order valence-corrected chi connectivity index (χ2v) is 3.66. The van der Waals surface area contributed by atoms with E-state index >= 15 is 0 Å². The van der Waals surface area contributed by atoms with Crippen molar-refractivity contribution in [2.75, 3.05) is 0 Å². The number of nitro groups is 1. The van der Waals surface area contributed by atoms with Gasteiger partial charge in [0.15, 0.2) is 0 Å². The summed E-state index contributed by atoms with van der Waals surface area (Å²) in [7, 11) is 0. The van der Waals surface area contributed by atoms with Gasteiger partial charge < -0.3 is 0 Å². The zero-order valence-electron chi connectivity index (χ0n) is 9.11. The van der Waals surface area contributed by atoms with Gasteiger partial charge in [-0.05, 0) is 48.4 Å². The predicted octanol–water partition coefficient (Wildman–Crippen LogP) is 3.51. The third kappa shape index (κ3) is 2.15. The Kier molecular flexibility index (Phi) is 2.87. The normalized spacial score (nSPS) is 10.2. The van der Waals surface area contributed by atoms with E-state index in [0.717, 1.165) is 0 Å². The zero-order valence-corrected chi connectivity index (χ0v) is 9.11. The highest BCUT2D eigenvalue weighted by molar-refractivity contribution is 5.73. The fourth-order valence-corrected chi connectivity index (χ4v) is 1.62. The van der Waals surface area contributed by atoms with Crippen LogP contribution in [0.25, 0.3) is 11.1 Å². The highest BCUT2D eigenvalue weighted by Crippen LogP contribution is 2.30. The van der Waals surface area contributed by atoms with Gasteiger partial charge in [-0.25, -0.2) is 4.39 Å². The Balaban J connectivity index is 2.60. The number of benzene rings is 2. The van der Waals surface area contributed by atoms with E-state index in [1.54, 1.807) is 13.0 Å².